The molecule has 1 N–H and O–H groups in total. The molecule has 2 saturated heterocycles. The van der Waals surface area contributed by atoms with E-state index in [-0.39, 0.29) is 18.4 Å². The number of ether oxygens (including phenoxy) is 1. The molecule has 1 aromatic carbocycles. The number of hydrogen-bond acceptors (Lipinski definition) is 2. The summed E-state index contributed by atoms with van der Waals surface area (Å²) in [4.78, 5) is 13.2. The maximum absolute atomic E-state index is 11.6. The number of epoxide rings is 1. The van der Waals surface area contributed by atoms with Crippen LogP contribution < -0.4 is 5.32 Å². The van der Waals surface area contributed by atoms with Crippen molar-refractivity contribution in [1.29, 1.82) is 0 Å². The lowest BCUT2D eigenvalue weighted by atomic mass is 10.1. The molecule has 17 heavy (non-hydrogen) atoms. The van der Waals surface area contributed by atoms with Gasteiger partial charge in [-0.25, -0.2) is 4.79 Å². The monoisotopic (exact) mass is 230 g/mol. The summed E-state index contributed by atoms with van der Waals surface area (Å²) in [6.45, 7) is 2.05. The van der Waals surface area contributed by atoms with Gasteiger partial charge in [-0.1, -0.05) is 29.8 Å². The molecule has 0 saturated carbocycles. The number of carbonyl (C=O) groups excluding carboxylic acids is 1. The number of fused-ring (bicyclic) bond motifs is 1. The first kappa shape index (κ1) is 10.4. The van der Waals surface area contributed by atoms with Crippen LogP contribution in [0.15, 0.2) is 30.0 Å². The molecule has 0 bridgehead atoms. The van der Waals surface area contributed by atoms with E-state index in [0.29, 0.717) is 0 Å². The highest BCUT2D eigenvalue weighted by atomic mass is 16.6. The molecule has 2 unspecified atom stereocenters. The zero-order valence-electron chi connectivity index (χ0n) is 9.81. The third-order valence-corrected chi connectivity index (χ3v) is 3.10. The summed E-state index contributed by atoms with van der Waals surface area (Å²) >= 11 is 0. The summed E-state index contributed by atoms with van der Waals surface area (Å²) in [6, 6.07) is 8.07. The van der Waals surface area contributed by atoms with Crippen LogP contribution in [0.3, 0.4) is 0 Å². The molecule has 2 atom stereocenters. The van der Waals surface area contributed by atoms with E-state index in [4.69, 9.17) is 4.74 Å². The molecule has 4 heteroatoms. The smallest absolute Gasteiger partial charge is 0.323 e. The summed E-state index contributed by atoms with van der Waals surface area (Å²) < 4.78 is 5.39. The van der Waals surface area contributed by atoms with Gasteiger partial charge in [-0.3, -0.25) is 4.90 Å². The lowest BCUT2D eigenvalue weighted by molar-refractivity contribution is 0.213. The second kappa shape index (κ2) is 3.60. The van der Waals surface area contributed by atoms with Gasteiger partial charge in [0.25, 0.3) is 0 Å². The normalized spacial score (nSPS) is 28.9. The van der Waals surface area contributed by atoms with E-state index in [9.17, 15) is 4.79 Å². The van der Waals surface area contributed by atoms with Gasteiger partial charge in [0.05, 0.1) is 5.70 Å². The topological polar surface area (TPSA) is 44.9 Å². The molecule has 0 radical (unpaired) electrons. The highest BCUT2D eigenvalue weighted by Gasteiger charge is 2.49. The minimum Gasteiger partial charge on any atom is -0.341 e. The zero-order chi connectivity index (χ0) is 12.0. The number of hydrogen-bond donors (Lipinski definition) is 1. The average molecular weight is 230 g/mol. The van der Waals surface area contributed by atoms with E-state index >= 15 is 0 Å². The molecule has 2 amide bonds. The molecule has 2 aliphatic heterocycles. The Bertz CT molecular complexity index is 510. The number of benzene rings is 1. The Hall–Kier alpha value is -1.81. The maximum Gasteiger partial charge on any atom is 0.323 e. The highest BCUT2D eigenvalue weighted by molar-refractivity contribution is 5.80. The van der Waals surface area contributed by atoms with Crippen molar-refractivity contribution in [3.8, 4) is 0 Å². The van der Waals surface area contributed by atoms with Gasteiger partial charge in [0.2, 0.25) is 0 Å². The van der Waals surface area contributed by atoms with Crippen molar-refractivity contribution >= 4 is 12.1 Å². The average Bonchev–Trinajstić information content (AvgIpc) is 3.03. The van der Waals surface area contributed by atoms with Gasteiger partial charge in [0, 0.05) is 7.05 Å². The van der Waals surface area contributed by atoms with Crippen molar-refractivity contribution in [2.45, 2.75) is 19.3 Å². The van der Waals surface area contributed by atoms with Crippen LogP contribution in [0, 0.1) is 6.92 Å². The Morgan fingerprint density at radius 3 is 3.06 bits per heavy atom. The van der Waals surface area contributed by atoms with Crippen molar-refractivity contribution in [3.05, 3.63) is 41.1 Å². The van der Waals surface area contributed by atoms with Crippen LogP contribution in [-0.4, -0.2) is 30.3 Å². The molecule has 4 nitrogen and oxygen atoms in total. The fourth-order valence-electron chi connectivity index (χ4n) is 2.08. The van der Waals surface area contributed by atoms with E-state index in [2.05, 4.69) is 24.4 Å². The predicted octanol–water partition coefficient (Wildman–Crippen LogP) is 1.72. The van der Waals surface area contributed by atoms with Gasteiger partial charge >= 0.3 is 6.03 Å². The van der Waals surface area contributed by atoms with Crippen molar-refractivity contribution in [2.24, 2.45) is 0 Å². The number of amides is 2. The maximum atomic E-state index is 11.6. The molecule has 88 valence electrons. The van der Waals surface area contributed by atoms with Crippen LogP contribution in [-0.2, 0) is 4.74 Å². The molecule has 0 spiro atoms. The SMILES string of the molecule is Cc1cccc(/C=C2/C3OC3NC(=O)N2C)c1. The molecule has 2 fully saturated rings. The van der Waals surface area contributed by atoms with E-state index in [0.717, 1.165) is 11.3 Å². The van der Waals surface area contributed by atoms with Gasteiger partial charge in [0.1, 0.15) is 6.10 Å². The summed E-state index contributed by atoms with van der Waals surface area (Å²) in [6.07, 6.45) is 1.89. The fourth-order valence-corrected chi connectivity index (χ4v) is 2.08. The van der Waals surface area contributed by atoms with Gasteiger partial charge < -0.3 is 10.1 Å². The molecular formula is C13H14N2O2. The van der Waals surface area contributed by atoms with Crippen LogP contribution in [0.1, 0.15) is 11.1 Å². The number of nitrogens with zero attached hydrogens (tertiary/aromatic N) is 1. The standard InChI is InChI=1S/C13H14N2O2/c1-8-4-3-5-9(6-8)7-10-11-12(17-11)14-13(16)15(10)2/h3-7,11-12H,1-2H3,(H,14,16)/b10-7-. The van der Waals surface area contributed by atoms with Crippen LogP contribution >= 0.6 is 0 Å². The van der Waals surface area contributed by atoms with Crippen LogP contribution in [0.2, 0.25) is 0 Å². The van der Waals surface area contributed by atoms with Crippen LogP contribution in [0.25, 0.3) is 6.08 Å². The van der Waals surface area contributed by atoms with E-state index in [1.165, 1.54) is 5.56 Å². The van der Waals surface area contributed by atoms with Crippen molar-refractivity contribution in [1.82, 2.24) is 10.2 Å². The first-order valence-corrected chi connectivity index (χ1v) is 5.63. The van der Waals surface area contributed by atoms with Gasteiger partial charge in [-0.2, -0.15) is 0 Å². The first-order chi connectivity index (χ1) is 8.15. The highest BCUT2D eigenvalue weighted by Crippen LogP contribution is 2.34. The van der Waals surface area contributed by atoms with Crippen molar-refractivity contribution in [2.75, 3.05) is 7.05 Å². The van der Waals surface area contributed by atoms with E-state index in [1.807, 2.05) is 18.2 Å². The summed E-state index contributed by atoms with van der Waals surface area (Å²) in [5.74, 6) is 0. The lowest BCUT2D eigenvalue weighted by Gasteiger charge is -2.23. The van der Waals surface area contributed by atoms with Crippen molar-refractivity contribution in [3.63, 3.8) is 0 Å². The quantitative estimate of drug-likeness (QED) is 0.746. The van der Waals surface area contributed by atoms with E-state index in [1.54, 1.807) is 11.9 Å². The second-order valence-electron chi connectivity index (χ2n) is 4.47. The zero-order valence-corrected chi connectivity index (χ0v) is 9.81. The molecule has 2 aliphatic rings. The number of rotatable bonds is 1. The number of urea groups is 1. The Morgan fingerprint density at radius 1 is 1.47 bits per heavy atom. The largest absolute Gasteiger partial charge is 0.341 e. The molecule has 1 aromatic rings. The Balaban J connectivity index is 1.95. The minimum atomic E-state index is -0.130. The number of aryl methyl sites for hydroxylation is 1. The summed E-state index contributed by atoms with van der Waals surface area (Å²) in [5, 5.41) is 2.75. The van der Waals surface area contributed by atoms with Crippen LogP contribution in [0.4, 0.5) is 4.79 Å². The Labute approximate surface area is 99.9 Å². The third-order valence-electron chi connectivity index (χ3n) is 3.10. The minimum absolute atomic E-state index is 0.0122. The summed E-state index contributed by atoms with van der Waals surface area (Å²) in [5.41, 5.74) is 3.22. The lowest BCUT2D eigenvalue weighted by Crippen LogP contribution is -2.45. The molecule has 2 heterocycles. The predicted molar refractivity (Wildman–Crippen MR) is 64.1 cm³/mol. The first-order valence-electron chi connectivity index (χ1n) is 5.63. The molecular weight excluding hydrogens is 216 g/mol. The Morgan fingerprint density at radius 2 is 2.29 bits per heavy atom. The Kier molecular flexibility index (Phi) is 2.19. The third kappa shape index (κ3) is 1.80. The molecule has 0 aliphatic carbocycles. The summed E-state index contributed by atoms with van der Waals surface area (Å²) in [7, 11) is 1.76. The number of nitrogens with one attached hydrogen (secondary N) is 1. The van der Waals surface area contributed by atoms with Crippen LogP contribution in [0.5, 0.6) is 0 Å². The number of likely N-dealkylation sites (N-methyl/N-ethyl adjacent to an activating group) is 1. The van der Waals surface area contributed by atoms with Gasteiger partial charge in [0.15, 0.2) is 6.23 Å². The second-order valence-corrected chi connectivity index (χ2v) is 4.47. The number of carbonyl (C=O) groups is 1. The fraction of sp³-hybridized carbons (Fsp3) is 0.308. The molecule has 0 aromatic heterocycles. The molecule has 3 rings (SSSR count). The van der Waals surface area contributed by atoms with Gasteiger partial charge in [-0.15, -0.1) is 0 Å². The van der Waals surface area contributed by atoms with E-state index < -0.39 is 0 Å². The van der Waals surface area contributed by atoms with Crippen molar-refractivity contribution < 1.29 is 9.53 Å². The van der Waals surface area contributed by atoms with Gasteiger partial charge in [-0.05, 0) is 18.6 Å².